The standard InChI is InChI=1S/C27H36ClN3O.C26H26Cl2FN3O.C21H26ClN3O/c1-26(2)19-13-14-27(3,16-19)25(26)29-24(32)22-20-11-7-5-10-18(23(20)31(4)30-22)15-17-9-6-8-12-21(17)28;27-18-11-12-23(22(28)15-18)32-25-17(13-16-5-3-7-19(29)14-16)6-1-2-10-21(25)24(31-32)26(33)30-20-8-4-9-20;1-25-20-15(13-14-7-3-5-12-18(14)22)8-2-4-11-17(20)19(24-25)21(26)23-16-9-6-10-16/h6,8-9,12,18-19,25H,5,7,10-11,13-16H2,1-4H3,(H,29,32);3,5,7,11-12,14-15,17,20H,1-2,4,6,8-10,13H2,(H,30,33);3,5,7,12,15-16H,2,4,6,8-11,13H2,1H3,(H,23,26)/t18?,19?,25-,27?;;/m1../s1. The van der Waals surface area contributed by atoms with Gasteiger partial charge in [-0.15, -0.1) is 0 Å². The third-order valence-corrected chi connectivity index (χ3v) is 23.0. The van der Waals surface area contributed by atoms with E-state index < -0.39 is 0 Å². The van der Waals surface area contributed by atoms with Gasteiger partial charge in [-0.05, 0) is 211 Å². The highest BCUT2D eigenvalue weighted by Crippen LogP contribution is 2.62. The van der Waals surface area contributed by atoms with Gasteiger partial charge < -0.3 is 16.0 Å². The average Bonchev–Trinajstić information content (AvgIpc) is 1.59. The van der Waals surface area contributed by atoms with E-state index in [9.17, 15) is 18.8 Å². The van der Waals surface area contributed by atoms with Crippen molar-refractivity contribution in [2.75, 3.05) is 0 Å². The third-order valence-electron chi connectivity index (χ3n) is 21.7. The summed E-state index contributed by atoms with van der Waals surface area (Å²) < 4.78 is 19.7. The van der Waals surface area contributed by atoms with Crippen molar-refractivity contribution < 1.29 is 18.8 Å². The Hall–Kier alpha value is -5.99. The molecular weight excluding hydrogens is 1220 g/mol. The Balaban J connectivity index is 0.000000133. The highest BCUT2D eigenvalue weighted by atomic mass is 35.5. The van der Waals surface area contributed by atoms with E-state index in [2.05, 4.69) is 60.0 Å². The topological polar surface area (TPSA) is 141 Å². The van der Waals surface area contributed by atoms with Gasteiger partial charge in [0.1, 0.15) is 5.82 Å². The zero-order valence-electron chi connectivity index (χ0n) is 53.5. The fourth-order valence-electron chi connectivity index (χ4n) is 16.6. The molecule has 5 unspecified atom stereocenters. The van der Waals surface area contributed by atoms with Crippen molar-refractivity contribution in [1.82, 2.24) is 45.3 Å². The van der Waals surface area contributed by atoms with Crippen LogP contribution in [0, 0.1) is 22.6 Å². The number of fused-ring (bicyclic) bond motifs is 5. The quantitative estimate of drug-likeness (QED) is 0.0982. The molecule has 3 amide bonds. The molecule has 0 radical (unpaired) electrons. The maximum absolute atomic E-state index is 13.9. The van der Waals surface area contributed by atoms with Crippen LogP contribution < -0.4 is 16.0 Å². The van der Waals surface area contributed by atoms with Crippen molar-refractivity contribution in [3.8, 4) is 5.69 Å². The Labute approximate surface area is 556 Å². The van der Waals surface area contributed by atoms with Gasteiger partial charge in [0.2, 0.25) is 0 Å². The van der Waals surface area contributed by atoms with Crippen LogP contribution in [-0.4, -0.2) is 65.2 Å². The van der Waals surface area contributed by atoms with E-state index in [4.69, 9.17) is 56.6 Å². The second-order valence-electron chi connectivity index (χ2n) is 28.2. The van der Waals surface area contributed by atoms with E-state index in [1.807, 2.05) is 70.6 Å². The molecule has 0 saturated heterocycles. The van der Waals surface area contributed by atoms with Crippen LogP contribution in [0.15, 0.2) is 91.0 Å². The SMILES string of the molecule is Cn1nc(C(=O)NC2CCC2)c2c1C(Cc1ccccc1Cl)CCCC2.Cn1nc(C(=O)N[C@H]2C3(C)CCC(C3)C2(C)C)c2c1C(Cc1ccccc1Cl)CCCC2.O=C(NC1CCC1)c1nn(-c2ccc(Cl)cc2Cl)c2c1CCCCC2Cc1cccc(F)c1. The zero-order valence-corrected chi connectivity index (χ0v) is 56.5. The molecule has 6 atom stereocenters. The smallest absolute Gasteiger partial charge is 0.272 e. The van der Waals surface area contributed by atoms with Crippen molar-refractivity contribution in [3.63, 3.8) is 0 Å². The minimum Gasteiger partial charge on any atom is -0.348 e. The van der Waals surface area contributed by atoms with Crippen LogP contribution in [-0.2, 0) is 52.6 Å². The lowest BCUT2D eigenvalue weighted by atomic mass is 9.68. The first-order valence-corrected chi connectivity index (χ1v) is 35.2. The number of aryl methyl sites for hydroxylation is 2. The average molecular weight is 1310 g/mol. The summed E-state index contributed by atoms with van der Waals surface area (Å²) in [6.07, 6.45) is 25.1. The van der Waals surface area contributed by atoms with Crippen LogP contribution in [0.2, 0.25) is 20.1 Å². The minimum absolute atomic E-state index is 0.00458. The highest BCUT2D eigenvalue weighted by molar-refractivity contribution is 6.35. The van der Waals surface area contributed by atoms with Gasteiger partial charge in [0, 0.05) is 93.1 Å². The molecule has 3 heterocycles. The van der Waals surface area contributed by atoms with Crippen LogP contribution in [0.1, 0.15) is 236 Å². The first-order valence-electron chi connectivity index (χ1n) is 33.7. The summed E-state index contributed by atoms with van der Waals surface area (Å²) in [5.41, 5.74) is 12.8. The Morgan fingerprint density at radius 3 is 1.49 bits per heavy atom. The van der Waals surface area contributed by atoms with Crippen LogP contribution in [0.5, 0.6) is 0 Å². The van der Waals surface area contributed by atoms with Crippen molar-refractivity contribution in [2.24, 2.45) is 30.8 Å². The van der Waals surface area contributed by atoms with Gasteiger partial charge in [-0.3, -0.25) is 23.7 Å². The predicted octanol–water partition coefficient (Wildman–Crippen LogP) is 17.1. The molecule has 3 aromatic heterocycles. The molecule has 7 aromatic rings. The van der Waals surface area contributed by atoms with Gasteiger partial charge in [-0.25, -0.2) is 9.07 Å². The molecule has 14 rings (SSSR count). The number of hydrogen-bond acceptors (Lipinski definition) is 6. The summed E-state index contributed by atoms with van der Waals surface area (Å²) in [4.78, 5) is 39.6. The summed E-state index contributed by atoms with van der Waals surface area (Å²) in [6, 6.07) is 29.0. The number of carbonyl (C=O) groups is 3. The van der Waals surface area contributed by atoms with Crippen molar-refractivity contribution in [1.29, 1.82) is 0 Å². The summed E-state index contributed by atoms with van der Waals surface area (Å²) >= 11 is 25.6. The number of carbonyl (C=O) groups excluding carboxylic acids is 3. The lowest BCUT2D eigenvalue weighted by molar-refractivity contribution is 0.0731. The summed E-state index contributed by atoms with van der Waals surface area (Å²) in [5.74, 6) is 1.16. The molecule has 4 fully saturated rings. The van der Waals surface area contributed by atoms with Crippen LogP contribution in [0.4, 0.5) is 4.39 Å². The fourth-order valence-corrected chi connectivity index (χ4v) is 17.5. The monoisotopic (exact) mass is 1310 g/mol. The van der Waals surface area contributed by atoms with Gasteiger partial charge >= 0.3 is 0 Å². The van der Waals surface area contributed by atoms with Crippen LogP contribution in [0.25, 0.3) is 5.69 Å². The molecule has 7 aliphatic carbocycles. The Morgan fingerprint density at radius 2 is 1.02 bits per heavy atom. The maximum Gasteiger partial charge on any atom is 0.272 e. The number of aromatic nitrogens is 6. The Kier molecular flexibility index (Phi) is 20.0. The molecule has 0 spiro atoms. The second kappa shape index (κ2) is 27.9. The van der Waals surface area contributed by atoms with Crippen LogP contribution >= 0.6 is 46.4 Å². The third kappa shape index (κ3) is 14.0. The normalized spacial score (nSPS) is 23.2. The zero-order chi connectivity index (χ0) is 63.7. The second-order valence-corrected chi connectivity index (χ2v) is 29.8. The fraction of sp³-hybridized carbons (Fsp3) is 0.514. The largest absolute Gasteiger partial charge is 0.348 e. The van der Waals surface area contributed by atoms with E-state index in [1.165, 1.54) is 67.1 Å². The molecule has 7 aliphatic rings. The van der Waals surface area contributed by atoms with Crippen molar-refractivity contribution in [3.05, 3.63) is 184 Å². The molecule has 4 aromatic carbocycles. The van der Waals surface area contributed by atoms with Gasteiger partial charge in [0.15, 0.2) is 17.1 Å². The Morgan fingerprint density at radius 1 is 0.527 bits per heavy atom. The molecule has 4 saturated carbocycles. The molecule has 3 N–H and O–H groups in total. The van der Waals surface area contributed by atoms with Gasteiger partial charge in [0.05, 0.1) is 16.4 Å². The molecule has 17 heteroatoms. The van der Waals surface area contributed by atoms with Gasteiger partial charge in [-0.2, -0.15) is 15.3 Å². The number of nitrogens with zero attached hydrogens (tertiary/aromatic N) is 6. The number of benzene rings is 4. The number of halogens is 5. The predicted molar refractivity (Wildman–Crippen MR) is 362 cm³/mol. The summed E-state index contributed by atoms with van der Waals surface area (Å²) in [5, 5.41) is 26.7. The molecule has 12 nitrogen and oxygen atoms in total. The number of rotatable bonds is 13. The molecule has 2 bridgehead atoms. The summed E-state index contributed by atoms with van der Waals surface area (Å²) in [7, 11) is 3.98. The van der Waals surface area contributed by atoms with E-state index in [1.54, 1.807) is 24.3 Å². The number of hydrogen-bond donors (Lipinski definition) is 3. The van der Waals surface area contributed by atoms with E-state index in [-0.39, 0.29) is 52.4 Å². The van der Waals surface area contributed by atoms with E-state index in [0.29, 0.717) is 63.0 Å². The highest BCUT2D eigenvalue weighted by Gasteiger charge is 2.60. The van der Waals surface area contributed by atoms with Gasteiger partial charge in [-0.1, -0.05) is 135 Å². The molecular formula is C74H88Cl4FN9O3. The maximum atomic E-state index is 13.9. The lowest BCUT2D eigenvalue weighted by Gasteiger charge is -2.43. The van der Waals surface area contributed by atoms with Gasteiger partial charge in [0.25, 0.3) is 17.7 Å². The summed E-state index contributed by atoms with van der Waals surface area (Å²) in [6.45, 7) is 7.04. The van der Waals surface area contributed by atoms with E-state index >= 15 is 0 Å². The Bertz CT molecular complexity index is 3800. The van der Waals surface area contributed by atoms with Crippen molar-refractivity contribution in [2.45, 2.75) is 211 Å². The van der Waals surface area contributed by atoms with Crippen molar-refractivity contribution >= 4 is 64.1 Å². The number of nitrogens with one attached hydrogen (secondary N) is 3. The van der Waals surface area contributed by atoms with E-state index in [0.717, 1.165) is 147 Å². The minimum atomic E-state index is -0.240. The molecule has 0 aliphatic heterocycles. The number of amides is 3. The lowest BCUT2D eigenvalue weighted by Crippen LogP contribution is -2.52. The van der Waals surface area contributed by atoms with Crippen LogP contribution in [0.3, 0.4) is 0 Å². The first-order chi connectivity index (χ1) is 43.8. The molecule has 482 valence electrons. The molecule has 91 heavy (non-hydrogen) atoms. The first kappa shape index (κ1) is 65.1.